The Hall–Kier alpha value is -1.36. The van der Waals surface area contributed by atoms with E-state index in [1.165, 1.54) is 0 Å². The molecule has 3 aliphatic rings. The number of hydrogen-bond acceptors (Lipinski definition) is 4. The van der Waals surface area contributed by atoms with Crippen molar-refractivity contribution in [2.24, 2.45) is 29.1 Å². The van der Waals surface area contributed by atoms with E-state index in [4.69, 9.17) is 4.74 Å². The molecule has 5 heteroatoms. The highest BCUT2D eigenvalue weighted by Crippen LogP contribution is 2.45. The summed E-state index contributed by atoms with van der Waals surface area (Å²) in [5, 5.41) is 19.0. The van der Waals surface area contributed by atoms with Gasteiger partial charge in [-0.25, -0.2) is 0 Å². The minimum absolute atomic E-state index is 0.0355. The van der Waals surface area contributed by atoms with Crippen LogP contribution in [0.4, 0.5) is 0 Å². The molecule has 3 rings (SSSR count). The predicted octanol–water partition coefficient (Wildman–Crippen LogP) is 2.24. The zero-order valence-electron chi connectivity index (χ0n) is 13.3. The van der Waals surface area contributed by atoms with Gasteiger partial charge in [-0.05, 0) is 37.5 Å². The van der Waals surface area contributed by atoms with Crippen molar-refractivity contribution in [2.45, 2.75) is 39.5 Å². The van der Waals surface area contributed by atoms with Gasteiger partial charge in [-0.2, -0.15) is 0 Å². The number of hydrogen-bond donors (Lipinski definition) is 2. The van der Waals surface area contributed by atoms with Crippen molar-refractivity contribution in [1.29, 1.82) is 0 Å². The topological polar surface area (TPSA) is 83.8 Å². The highest BCUT2D eigenvalue weighted by Gasteiger charge is 2.49. The lowest BCUT2D eigenvalue weighted by Crippen LogP contribution is -2.46. The standard InChI is InChI=1S/C17H26O5/c1-3-17(4-2,9-18)10-22-16(21)14-12-7-5-11(6-8-12)13(14)15(19)20/h5,7,11-14,18H,3-4,6,8-10H2,1-2H3,(H,19,20). The third-order valence-electron chi connectivity index (χ3n) is 5.66. The fourth-order valence-corrected chi connectivity index (χ4v) is 3.70. The summed E-state index contributed by atoms with van der Waals surface area (Å²) in [6.45, 7) is 4.03. The first-order valence-electron chi connectivity index (χ1n) is 8.16. The van der Waals surface area contributed by atoms with Gasteiger partial charge >= 0.3 is 11.9 Å². The molecule has 0 aromatic heterocycles. The Labute approximate surface area is 131 Å². The maximum absolute atomic E-state index is 12.5. The molecule has 4 unspecified atom stereocenters. The third-order valence-corrected chi connectivity index (χ3v) is 5.66. The molecule has 1 saturated carbocycles. The molecule has 0 aliphatic heterocycles. The summed E-state index contributed by atoms with van der Waals surface area (Å²) >= 11 is 0. The monoisotopic (exact) mass is 310 g/mol. The highest BCUT2D eigenvalue weighted by molar-refractivity contribution is 5.83. The first-order valence-corrected chi connectivity index (χ1v) is 8.16. The number of carboxylic acid groups (broad SMARTS) is 1. The Balaban J connectivity index is 2.08. The normalized spacial score (nSPS) is 30.3. The molecule has 0 amide bonds. The summed E-state index contributed by atoms with van der Waals surface area (Å²) in [4.78, 5) is 24.0. The Bertz CT molecular complexity index is 444. The maximum atomic E-state index is 12.5. The number of allylic oxidation sites excluding steroid dienone is 2. The van der Waals surface area contributed by atoms with E-state index in [2.05, 4.69) is 0 Å². The van der Waals surface area contributed by atoms with Crippen LogP contribution in [-0.2, 0) is 14.3 Å². The van der Waals surface area contributed by atoms with E-state index in [1.807, 2.05) is 26.0 Å². The number of carbonyl (C=O) groups excluding carboxylic acids is 1. The van der Waals surface area contributed by atoms with E-state index in [0.717, 1.165) is 12.8 Å². The van der Waals surface area contributed by atoms with Gasteiger partial charge in [0.25, 0.3) is 0 Å². The molecule has 3 aliphatic carbocycles. The molecular formula is C17H26O5. The predicted molar refractivity (Wildman–Crippen MR) is 81.0 cm³/mol. The number of esters is 1. The van der Waals surface area contributed by atoms with Crippen LogP contribution in [0.1, 0.15) is 39.5 Å². The van der Waals surface area contributed by atoms with Gasteiger partial charge in [0, 0.05) is 5.41 Å². The lowest BCUT2D eigenvalue weighted by Gasteiger charge is -2.41. The minimum Gasteiger partial charge on any atom is -0.481 e. The summed E-state index contributed by atoms with van der Waals surface area (Å²) in [6, 6.07) is 0. The zero-order valence-corrected chi connectivity index (χ0v) is 13.3. The summed E-state index contributed by atoms with van der Waals surface area (Å²) in [5.74, 6) is -2.72. The van der Waals surface area contributed by atoms with Gasteiger partial charge in [0.05, 0.1) is 25.0 Å². The van der Waals surface area contributed by atoms with Crippen LogP contribution in [0, 0.1) is 29.1 Å². The number of rotatable bonds is 7. The quantitative estimate of drug-likeness (QED) is 0.556. The maximum Gasteiger partial charge on any atom is 0.310 e. The largest absolute Gasteiger partial charge is 0.481 e. The van der Waals surface area contributed by atoms with Gasteiger partial charge in [-0.1, -0.05) is 26.0 Å². The summed E-state index contributed by atoms with van der Waals surface area (Å²) in [6.07, 6.45) is 7.01. The van der Waals surface area contributed by atoms with Crippen molar-refractivity contribution in [3.8, 4) is 0 Å². The second-order valence-corrected chi connectivity index (χ2v) is 6.65. The van der Waals surface area contributed by atoms with Crippen molar-refractivity contribution in [3.05, 3.63) is 12.2 Å². The van der Waals surface area contributed by atoms with Crippen molar-refractivity contribution in [1.82, 2.24) is 0 Å². The molecule has 0 heterocycles. The van der Waals surface area contributed by atoms with Crippen LogP contribution in [0.5, 0.6) is 0 Å². The van der Waals surface area contributed by atoms with Crippen LogP contribution in [0.2, 0.25) is 0 Å². The molecular weight excluding hydrogens is 284 g/mol. The van der Waals surface area contributed by atoms with E-state index < -0.39 is 29.2 Å². The Kier molecular flexibility index (Phi) is 5.27. The molecule has 124 valence electrons. The van der Waals surface area contributed by atoms with Crippen LogP contribution in [0.15, 0.2) is 12.2 Å². The Morgan fingerprint density at radius 2 is 1.68 bits per heavy atom. The number of aliphatic hydroxyl groups excluding tert-OH is 1. The molecule has 0 radical (unpaired) electrons. The summed E-state index contributed by atoms with van der Waals surface area (Å²) in [5.41, 5.74) is -0.419. The molecule has 4 atom stereocenters. The Morgan fingerprint density at radius 3 is 2.09 bits per heavy atom. The van der Waals surface area contributed by atoms with Crippen molar-refractivity contribution in [2.75, 3.05) is 13.2 Å². The van der Waals surface area contributed by atoms with Crippen LogP contribution in [0.25, 0.3) is 0 Å². The molecule has 0 spiro atoms. The lowest BCUT2D eigenvalue weighted by molar-refractivity contribution is -0.167. The second-order valence-electron chi connectivity index (χ2n) is 6.65. The van der Waals surface area contributed by atoms with Crippen LogP contribution in [0.3, 0.4) is 0 Å². The van der Waals surface area contributed by atoms with E-state index in [-0.39, 0.29) is 25.0 Å². The number of carboxylic acids is 1. The van der Waals surface area contributed by atoms with Crippen LogP contribution >= 0.6 is 0 Å². The number of aliphatic hydroxyl groups is 1. The van der Waals surface area contributed by atoms with Gasteiger partial charge in [0.2, 0.25) is 0 Å². The third kappa shape index (κ3) is 3.05. The highest BCUT2D eigenvalue weighted by atomic mass is 16.5. The van der Waals surface area contributed by atoms with Crippen molar-refractivity contribution >= 4 is 11.9 Å². The van der Waals surface area contributed by atoms with Gasteiger partial charge in [0.15, 0.2) is 0 Å². The number of ether oxygens (including phenoxy) is 1. The molecule has 2 bridgehead atoms. The zero-order chi connectivity index (χ0) is 16.3. The molecule has 0 aromatic carbocycles. The van der Waals surface area contributed by atoms with Crippen LogP contribution < -0.4 is 0 Å². The molecule has 22 heavy (non-hydrogen) atoms. The van der Waals surface area contributed by atoms with E-state index in [1.54, 1.807) is 0 Å². The fourth-order valence-electron chi connectivity index (χ4n) is 3.70. The fraction of sp³-hybridized carbons (Fsp3) is 0.765. The van der Waals surface area contributed by atoms with Crippen LogP contribution in [-0.4, -0.2) is 35.4 Å². The second kappa shape index (κ2) is 6.82. The van der Waals surface area contributed by atoms with Gasteiger partial charge in [-0.3, -0.25) is 9.59 Å². The molecule has 0 saturated heterocycles. The van der Waals surface area contributed by atoms with Crippen molar-refractivity contribution in [3.63, 3.8) is 0 Å². The smallest absolute Gasteiger partial charge is 0.310 e. The van der Waals surface area contributed by atoms with Gasteiger partial charge < -0.3 is 14.9 Å². The number of fused-ring (bicyclic) bond motifs is 2. The Morgan fingerprint density at radius 1 is 1.14 bits per heavy atom. The van der Waals surface area contributed by atoms with E-state index in [0.29, 0.717) is 12.8 Å². The average molecular weight is 310 g/mol. The number of aliphatic carboxylic acids is 1. The first-order chi connectivity index (χ1) is 10.5. The molecule has 0 aromatic rings. The van der Waals surface area contributed by atoms with Gasteiger partial charge in [-0.15, -0.1) is 0 Å². The average Bonchev–Trinajstić information content (AvgIpc) is 2.56. The van der Waals surface area contributed by atoms with E-state index >= 15 is 0 Å². The first kappa shape index (κ1) is 17.0. The van der Waals surface area contributed by atoms with Crippen molar-refractivity contribution < 1.29 is 24.5 Å². The minimum atomic E-state index is -0.916. The molecule has 5 nitrogen and oxygen atoms in total. The lowest BCUT2D eigenvalue weighted by atomic mass is 9.62. The van der Waals surface area contributed by atoms with Gasteiger partial charge in [0.1, 0.15) is 0 Å². The summed E-state index contributed by atoms with van der Waals surface area (Å²) < 4.78 is 5.46. The molecule has 1 fully saturated rings. The SMILES string of the molecule is CCC(CC)(CO)COC(=O)C1C2C=CC(CC2)C1C(=O)O. The number of carbonyl (C=O) groups is 2. The molecule has 2 N–H and O–H groups in total. The summed E-state index contributed by atoms with van der Waals surface area (Å²) in [7, 11) is 0. The van der Waals surface area contributed by atoms with E-state index in [9.17, 15) is 19.8 Å².